The van der Waals surface area contributed by atoms with Crippen LogP contribution in [0.25, 0.3) is 0 Å². The number of unbranched alkanes of at least 4 members (excludes halogenated alkanes) is 17. The summed E-state index contributed by atoms with van der Waals surface area (Å²) in [6.07, 6.45) is 77.9. The summed E-state index contributed by atoms with van der Waals surface area (Å²) in [5.74, 6) is -0.480. The van der Waals surface area contributed by atoms with Gasteiger partial charge in [-0.1, -0.05) is 206 Å². The van der Waals surface area contributed by atoms with Gasteiger partial charge in [-0.15, -0.1) is 0 Å². The van der Waals surface area contributed by atoms with Crippen molar-refractivity contribution in [1.29, 1.82) is 0 Å². The van der Waals surface area contributed by atoms with E-state index in [9.17, 15) is 9.59 Å². The highest BCUT2D eigenvalue weighted by Crippen LogP contribution is 2.13. The van der Waals surface area contributed by atoms with Crippen molar-refractivity contribution in [2.75, 3.05) is 19.8 Å². The quantitative estimate of drug-likeness (QED) is 0.0346. The zero-order valence-electron chi connectivity index (χ0n) is 42.9. The van der Waals surface area contributed by atoms with Gasteiger partial charge in [-0.05, 0) is 128 Å². The molecule has 0 aromatic carbocycles. The van der Waals surface area contributed by atoms with Crippen LogP contribution in [0.4, 0.5) is 0 Å². The third kappa shape index (κ3) is 52.9. The summed E-state index contributed by atoms with van der Waals surface area (Å²) in [5.41, 5.74) is 0. The van der Waals surface area contributed by atoms with Gasteiger partial charge in [0.25, 0.3) is 0 Å². The first-order chi connectivity index (χ1) is 32.6. The number of hydrogen-bond acceptors (Lipinski definition) is 5. The van der Waals surface area contributed by atoms with Crippen LogP contribution in [0.5, 0.6) is 0 Å². The molecule has 5 nitrogen and oxygen atoms in total. The summed E-state index contributed by atoms with van der Waals surface area (Å²) in [7, 11) is 0. The molecule has 0 amide bonds. The van der Waals surface area contributed by atoms with Crippen molar-refractivity contribution in [2.45, 2.75) is 232 Å². The second-order valence-corrected chi connectivity index (χ2v) is 17.4. The molecule has 1 atom stereocenters. The highest BCUT2D eigenvalue weighted by molar-refractivity contribution is 5.70. The van der Waals surface area contributed by atoms with E-state index < -0.39 is 6.10 Å². The molecule has 374 valence electrons. The largest absolute Gasteiger partial charge is 0.462 e. The second-order valence-electron chi connectivity index (χ2n) is 17.4. The van der Waals surface area contributed by atoms with E-state index in [1.165, 1.54) is 77.0 Å². The zero-order valence-corrected chi connectivity index (χ0v) is 42.9. The lowest BCUT2D eigenvalue weighted by molar-refractivity contribution is -0.163. The summed E-state index contributed by atoms with van der Waals surface area (Å²) >= 11 is 0. The molecule has 0 heterocycles. The third-order valence-electron chi connectivity index (χ3n) is 11.0. The van der Waals surface area contributed by atoms with E-state index in [1.807, 2.05) is 0 Å². The predicted octanol–water partition coefficient (Wildman–Crippen LogP) is 18.6. The van der Waals surface area contributed by atoms with Crippen LogP contribution in [0.15, 0.2) is 122 Å². The molecule has 0 aliphatic heterocycles. The van der Waals surface area contributed by atoms with Gasteiger partial charge in [-0.3, -0.25) is 9.59 Å². The average molecular weight is 913 g/mol. The van der Waals surface area contributed by atoms with Crippen LogP contribution in [-0.4, -0.2) is 37.9 Å². The lowest BCUT2D eigenvalue weighted by Crippen LogP contribution is -2.30. The molecular weight excluding hydrogens is 813 g/mol. The Morgan fingerprint density at radius 1 is 0.348 bits per heavy atom. The Balaban J connectivity index is 4.44. The number of hydrogen-bond donors (Lipinski definition) is 0. The highest BCUT2D eigenvalue weighted by atomic mass is 16.6. The van der Waals surface area contributed by atoms with Crippen LogP contribution >= 0.6 is 0 Å². The van der Waals surface area contributed by atoms with Crippen molar-refractivity contribution in [3.05, 3.63) is 122 Å². The topological polar surface area (TPSA) is 61.8 Å². The van der Waals surface area contributed by atoms with Crippen LogP contribution in [0, 0.1) is 0 Å². The van der Waals surface area contributed by atoms with E-state index in [0.29, 0.717) is 19.4 Å². The number of carbonyl (C=O) groups is 2. The third-order valence-corrected chi connectivity index (χ3v) is 11.0. The summed E-state index contributed by atoms with van der Waals surface area (Å²) < 4.78 is 17.3. The minimum Gasteiger partial charge on any atom is -0.462 e. The maximum Gasteiger partial charge on any atom is 0.306 e. The SMILES string of the molecule is CC/C=C\C/C=C\C/C=C\C/C=C\C/C=C\CCCCOCC(COC(=O)CCCCCCCCC/C=C\CCCCCCCC)OC(=O)CCCC/C=C\C/C=C\C/C=C\C/C=C\CC. The summed E-state index contributed by atoms with van der Waals surface area (Å²) in [4.78, 5) is 25.4. The maximum atomic E-state index is 12.8. The predicted molar refractivity (Wildman–Crippen MR) is 288 cm³/mol. The molecule has 0 aliphatic carbocycles. The van der Waals surface area contributed by atoms with Gasteiger partial charge < -0.3 is 14.2 Å². The van der Waals surface area contributed by atoms with E-state index in [-0.39, 0.29) is 25.2 Å². The first-order valence-electron chi connectivity index (χ1n) is 27.1. The molecule has 0 aromatic rings. The fraction of sp³-hybridized carbons (Fsp3) is 0.639. The Morgan fingerprint density at radius 3 is 1.14 bits per heavy atom. The molecule has 0 N–H and O–H groups in total. The van der Waals surface area contributed by atoms with Gasteiger partial charge >= 0.3 is 11.9 Å². The van der Waals surface area contributed by atoms with Crippen molar-refractivity contribution < 1.29 is 23.8 Å². The summed E-state index contributed by atoms with van der Waals surface area (Å²) in [5, 5.41) is 0. The maximum absolute atomic E-state index is 12.8. The van der Waals surface area contributed by atoms with Crippen molar-refractivity contribution >= 4 is 11.9 Å². The molecule has 0 saturated carbocycles. The second kappa shape index (κ2) is 55.6. The van der Waals surface area contributed by atoms with Crippen molar-refractivity contribution in [3.63, 3.8) is 0 Å². The Morgan fingerprint density at radius 2 is 0.682 bits per heavy atom. The first-order valence-corrected chi connectivity index (χ1v) is 27.1. The number of ether oxygens (including phenoxy) is 3. The van der Waals surface area contributed by atoms with E-state index in [2.05, 4.69) is 142 Å². The first kappa shape index (κ1) is 62.3. The average Bonchev–Trinajstić information content (AvgIpc) is 3.32. The minimum atomic E-state index is -0.591. The monoisotopic (exact) mass is 913 g/mol. The number of esters is 2. The molecule has 0 rings (SSSR count). The van der Waals surface area contributed by atoms with Gasteiger partial charge in [0, 0.05) is 19.4 Å². The van der Waals surface area contributed by atoms with Gasteiger partial charge in [-0.25, -0.2) is 0 Å². The van der Waals surface area contributed by atoms with Crippen LogP contribution in [0.3, 0.4) is 0 Å². The molecule has 0 spiro atoms. The fourth-order valence-electron chi connectivity index (χ4n) is 6.99. The highest BCUT2D eigenvalue weighted by Gasteiger charge is 2.17. The number of carbonyl (C=O) groups excluding carboxylic acids is 2. The van der Waals surface area contributed by atoms with E-state index in [4.69, 9.17) is 14.2 Å². The van der Waals surface area contributed by atoms with Crippen LogP contribution in [0.1, 0.15) is 226 Å². The number of rotatable bonds is 48. The van der Waals surface area contributed by atoms with Crippen LogP contribution in [0.2, 0.25) is 0 Å². The van der Waals surface area contributed by atoms with Crippen molar-refractivity contribution in [1.82, 2.24) is 0 Å². The van der Waals surface area contributed by atoms with Crippen LogP contribution in [-0.2, 0) is 23.8 Å². The molecule has 0 saturated heterocycles. The molecule has 0 fully saturated rings. The van der Waals surface area contributed by atoms with Gasteiger partial charge in [0.05, 0.1) is 6.61 Å². The fourth-order valence-corrected chi connectivity index (χ4v) is 6.99. The molecule has 0 radical (unpaired) electrons. The van der Waals surface area contributed by atoms with Gasteiger partial charge in [-0.2, -0.15) is 0 Å². The molecule has 0 bridgehead atoms. The van der Waals surface area contributed by atoms with E-state index in [1.54, 1.807) is 0 Å². The van der Waals surface area contributed by atoms with Gasteiger partial charge in [0.1, 0.15) is 6.61 Å². The van der Waals surface area contributed by atoms with E-state index in [0.717, 1.165) is 116 Å². The standard InChI is InChI=1S/C61H100O5/c1-4-7-10-13-16-19-22-25-28-30-32-35-38-41-44-47-50-53-56-64-57-59(66-61(63)55-52-49-46-43-40-37-33-27-24-21-18-15-12-9-6-3)58-65-60(62)54-51-48-45-42-39-36-34-31-29-26-23-20-17-14-11-8-5-2/h7,9-10,12,16,18-19,21,25-29,32-33,35,40-41,43-44,59H,4-6,8,11,13-15,17,20,22-24,30-31,34,36-39,42,45-58H2,1-3H3/b10-7-,12-9-,19-16-,21-18-,28-25-,29-26-,33-27-,35-32-,43-40-,44-41-. The van der Waals surface area contributed by atoms with Crippen molar-refractivity contribution in [2.24, 2.45) is 0 Å². The summed E-state index contributed by atoms with van der Waals surface area (Å²) in [6.45, 7) is 7.44. The molecular formula is C61H100O5. The lowest BCUT2D eigenvalue weighted by Gasteiger charge is -2.18. The number of allylic oxidation sites excluding steroid dienone is 20. The molecule has 0 aromatic heterocycles. The van der Waals surface area contributed by atoms with E-state index >= 15 is 0 Å². The summed E-state index contributed by atoms with van der Waals surface area (Å²) in [6, 6.07) is 0. The Bertz CT molecular complexity index is 1350. The van der Waals surface area contributed by atoms with Gasteiger partial charge in [0.15, 0.2) is 6.10 Å². The smallest absolute Gasteiger partial charge is 0.306 e. The molecule has 66 heavy (non-hydrogen) atoms. The Hall–Kier alpha value is -3.70. The van der Waals surface area contributed by atoms with Gasteiger partial charge in [0.2, 0.25) is 0 Å². The molecule has 1 unspecified atom stereocenters. The molecule has 5 heteroatoms. The Labute approximate surface area is 407 Å². The zero-order chi connectivity index (χ0) is 47.7. The normalized spacial score (nSPS) is 13.2. The van der Waals surface area contributed by atoms with Crippen molar-refractivity contribution in [3.8, 4) is 0 Å². The Kier molecular flexibility index (Phi) is 52.5. The minimum absolute atomic E-state index is 0.0416. The molecule has 0 aliphatic rings. The van der Waals surface area contributed by atoms with Crippen LogP contribution < -0.4 is 0 Å². The lowest BCUT2D eigenvalue weighted by atomic mass is 10.1.